The van der Waals surface area contributed by atoms with Crippen LogP contribution in [-0.4, -0.2) is 23.1 Å². The molecule has 21 heavy (non-hydrogen) atoms. The lowest BCUT2D eigenvalue weighted by Gasteiger charge is -2.14. The molecule has 3 N–H and O–H groups in total. The smallest absolute Gasteiger partial charge is 0.319 e. The molecule has 0 aliphatic heterocycles. The molecule has 0 fully saturated rings. The van der Waals surface area contributed by atoms with Gasteiger partial charge in [-0.05, 0) is 47.0 Å². The van der Waals surface area contributed by atoms with Gasteiger partial charge < -0.3 is 15.7 Å². The van der Waals surface area contributed by atoms with Gasteiger partial charge in [0.1, 0.15) is 5.82 Å². The number of hydrogen-bond donors (Lipinski definition) is 3. The number of aryl methyl sites for hydroxylation is 1. The van der Waals surface area contributed by atoms with Gasteiger partial charge in [-0.15, -0.1) is 0 Å². The molecule has 2 rings (SSSR count). The summed E-state index contributed by atoms with van der Waals surface area (Å²) in [5.74, 6) is -1.88. The van der Waals surface area contributed by atoms with Crippen molar-refractivity contribution in [1.29, 1.82) is 0 Å². The molecule has 5 nitrogen and oxygen atoms in total. The normalized spacial score (nSPS) is 20.3. The summed E-state index contributed by atoms with van der Waals surface area (Å²) in [6, 6.07) is 2.01. The average Bonchev–Trinajstić information content (AvgIpc) is 2.84. The van der Waals surface area contributed by atoms with Gasteiger partial charge in [0, 0.05) is 5.69 Å². The van der Waals surface area contributed by atoms with Crippen molar-refractivity contribution in [1.82, 2.24) is 5.32 Å². The first-order valence-corrected chi connectivity index (χ1v) is 7.10. The van der Waals surface area contributed by atoms with Crippen molar-refractivity contribution in [3.05, 3.63) is 40.1 Å². The number of aliphatic carboxylic acids is 1. The van der Waals surface area contributed by atoms with Gasteiger partial charge in [0.15, 0.2) is 0 Å². The van der Waals surface area contributed by atoms with Crippen LogP contribution in [0.3, 0.4) is 0 Å². The number of nitrogens with one attached hydrogen (secondary N) is 2. The van der Waals surface area contributed by atoms with Crippen molar-refractivity contribution < 1.29 is 19.1 Å². The largest absolute Gasteiger partial charge is 0.481 e. The summed E-state index contributed by atoms with van der Waals surface area (Å²) in [5.41, 5.74) is 1.08. The Morgan fingerprint density at radius 1 is 1.38 bits per heavy atom. The minimum atomic E-state index is -0.908. The SMILES string of the molecule is Cc1cc(F)c(Br)cc1NC(=O)NC1C=CC(C(=O)O)C1. The Hall–Kier alpha value is -1.89. The maximum Gasteiger partial charge on any atom is 0.319 e. The summed E-state index contributed by atoms with van der Waals surface area (Å²) in [7, 11) is 0. The topological polar surface area (TPSA) is 78.4 Å². The molecule has 0 saturated heterocycles. The first-order valence-electron chi connectivity index (χ1n) is 6.31. The summed E-state index contributed by atoms with van der Waals surface area (Å²) in [5, 5.41) is 14.2. The van der Waals surface area contributed by atoms with Gasteiger partial charge in [-0.1, -0.05) is 12.2 Å². The Kier molecular flexibility index (Phi) is 4.62. The fourth-order valence-corrected chi connectivity index (χ4v) is 2.44. The van der Waals surface area contributed by atoms with Gasteiger partial charge in [0.05, 0.1) is 16.4 Å². The highest BCUT2D eigenvalue weighted by atomic mass is 79.9. The van der Waals surface area contributed by atoms with E-state index in [1.165, 1.54) is 12.1 Å². The molecular weight excluding hydrogens is 343 g/mol. The molecule has 1 aromatic carbocycles. The maximum atomic E-state index is 13.3. The minimum absolute atomic E-state index is 0.259. The van der Waals surface area contributed by atoms with E-state index in [9.17, 15) is 14.0 Å². The minimum Gasteiger partial charge on any atom is -0.481 e. The monoisotopic (exact) mass is 356 g/mol. The number of benzene rings is 1. The Morgan fingerprint density at radius 3 is 2.71 bits per heavy atom. The highest BCUT2D eigenvalue weighted by Gasteiger charge is 2.25. The van der Waals surface area contributed by atoms with E-state index < -0.39 is 23.7 Å². The second kappa shape index (κ2) is 6.26. The van der Waals surface area contributed by atoms with E-state index in [1.54, 1.807) is 19.1 Å². The lowest BCUT2D eigenvalue weighted by molar-refractivity contribution is -0.140. The third-order valence-electron chi connectivity index (χ3n) is 3.23. The van der Waals surface area contributed by atoms with Gasteiger partial charge in [-0.3, -0.25) is 4.79 Å². The average molecular weight is 357 g/mol. The molecule has 2 amide bonds. The quantitative estimate of drug-likeness (QED) is 0.728. The molecule has 2 unspecified atom stereocenters. The van der Waals surface area contributed by atoms with Crippen LogP contribution in [0.1, 0.15) is 12.0 Å². The molecule has 1 aliphatic carbocycles. The molecule has 0 heterocycles. The van der Waals surface area contributed by atoms with Crippen LogP contribution >= 0.6 is 15.9 Å². The fourth-order valence-electron chi connectivity index (χ4n) is 2.10. The van der Waals surface area contributed by atoms with Crippen LogP contribution in [0.25, 0.3) is 0 Å². The molecule has 0 bridgehead atoms. The number of halogens is 2. The van der Waals surface area contributed by atoms with E-state index in [2.05, 4.69) is 26.6 Å². The summed E-state index contributed by atoms with van der Waals surface area (Å²) in [4.78, 5) is 22.7. The third-order valence-corrected chi connectivity index (χ3v) is 3.84. The Balaban J connectivity index is 1.96. The van der Waals surface area contributed by atoms with Crippen molar-refractivity contribution in [2.75, 3.05) is 5.32 Å². The number of carbonyl (C=O) groups is 2. The molecule has 0 saturated carbocycles. The highest BCUT2D eigenvalue weighted by molar-refractivity contribution is 9.10. The molecule has 0 spiro atoms. The Labute approximate surface area is 129 Å². The van der Waals surface area contributed by atoms with Crippen LogP contribution in [-0.2, 0) is 4.79 Å². The number of urea groups is 1. The van der Waals surface area contributed by atoms with Crippen molar-refractivity contribution in [2.45, 2.75) is 19.4 Å². The molecule has 1 aromatic rings. The first kappa shape index (κ1) is 15.5. The number of anilines is 1. The van der Waals surface area contributed by atoms with E-state index in [0.29, 0.717) is 17.7 Å². The van der Waals surface area contributed by atoms with Gasteiger partial charge in [-0.2, -0.15) is 0 Å². The van der Waals surface area contributed by atoms with Crippen LogP contribution in [0.2, 0.25) is 0 Å². The third kappa shape index (κ3) is 3.81. The van der Waals surface area contributed by atoms with Gasteiger partial charge >= 0.3 is 12.0 Å². The van der Waals surface area contributed by atoms with E-state index in [1.807, 2.05) is 0 Å². The molecular formula is C14H14BrFN2O3. The zero-order valence-corrected chi connectivity index (χ0v) is 12.8. The number of carboxylic acids is 1. The summed E-state index contributed by atoms with van der Waals surface area (Å²) >= 11 is 3.06. The van der Waals surface area contributed by atoms with E-state index in [0.717, 1.165) is 0 Å². The first-order chi connectivity index (χ1) is 9.86. The fraction of sp³-hybridized carbons (Fsp3) is 0.286. The van der Waals surface area contributed by atoms with Gasteiger partial charge in [0.2, 0.25) is 0 Å². The maximum absolute atomic E-state index is 13.3. The second-order valence-corrected chi connectivity index (χ2v) is 5.71. The molecule has 0 radical (unpaired) electrons. The summed E-state index contributed by atoms with van der Waals surface area (Å²) < 4.78 is 13.6. The van der Waals surface area contributed by atoms with Crippen molar-refractivity contribution in [3.8, 4) is 0 Å². The number of hydrogen-bond acceptors (Lipinski definition) is 2. The Morgan fingerprint density at radius 2 is 2.10 bits per heavy atom. The standard InChI is InChI=1S/C14H14BrFN2O3/c1-7-4-11(16)10(15)6-12(7)18-14(21)17-9-3-2-8(5-9)13(19)20/h2-4,6,8-9H,5H2,1H3,(H,19,20)(H2,17,18,21). The highest BCUT2D eigenvalue weighted by Crippen LogP contribution is 2.24. The molecule has 0 aromatic heterocycles. The molecule has 7 heteroatoms. The van der Waals surface area contributed by atoms with Crippen molar-refractivity contribution >= 4 is 33.6 Å². The summed E-state index contributed by atoms with van der Waals surface area (Å²) in [6.07, 6.45) is 3.55. The van der Waals surface area contributed by atoms with E-state index >= 15 is 0 Å². The lowest BCUT2D eigenvalue weighted by Crippen LogP contribution is -2.36. The Bertz CT molecular complexity index is 618. The number of carboxylic acid groups (broad SMARTS) is 1. The zero-order chi connectivity index (χ0) is 15.6. The predicted molar refractivity (Wildman–Crippen MR) is 79.7 cm³/mol. The van der Waals surface area contributed by atoms with Crippen molar-refractivity contribution in [3.63, 3.8) is 0 Å². The lowest BCUT2D eigenvalue weighted by atomic mass is 10.1. The van der Waals surface area contributed by atoms with Gasteiger partial charge in [0.25, 0.3) is 0 Å². The molecule has 2 atom stereocenters. The van der Waals surface area contributed by atoms with Crippen LogP contribution in [0.4, 0.5) is 14.9 Å². The number of carbonyl (C=O) groups excluding carboxylic acids is 1. The van der Waals surface area contributed by atoms with Gasteiger partial charge in [-0.25, -0.2) is 9.18 Å². The van der Waals surface area contributed by atoms with Crippen LogP contribution in [0.5, 0.6) is 0 Å². The van der Waals surface area contributed by atoms with E-state index in [4.69, 9.17) is 5.11 Å². The number of rotatable bonds is 3. The van der Waals surface area contributed by atoms with Crippen LogP contribution in [0, 0.1) is 18.7 Å². The van der Waals surface area contributed by atoms with Crippen LogP contribution < -0.4 is 10.6 Å². The second-order valence-electron chi connectivity index (χ2n) is 4.85. The predicted octanol–water partition coefficient (Wildman–Crippen LogP) is 3.05. The number of amides is 2. The summed E-state index contributed by atoms with van der Waals surface area (Å²) in [6.45, 7) is 1.68. The molecule has 112 valence electrons. The molecule has 1 aliphatic rings. The zero-order valence-electron chi connectivity index (χ0n) is 11.2. The van der Waals surface area contributed by atoms with Crippen molar-refractivity contribution in [2.24, 2.45) is 5.92 Å². The van der Waals surface area contributed by atoms with Crippen LogP contribution in [0.15, 0.2) is 28.8 Å². The van der Waals surface area contributed by atoms with E-state index in [-0.39, 0.29) is 10.5 Å².